The molecule has 3 aromatic rings. The molecule has 0 saturated carbocycles. The average Bonchev–Trinajstić information content (AvgIpc) is 2.88. The van der Waals surface area contributed by atoms with Gasteiger partial charge >= 0.3 is 0 Å². The van der Waals surface area contributed by atoms with Crippen molar-refractivity contribution in [3.8, 4) is 0 Å². The van der Waals surface area contributed by atoms with Crippen molar-refractivity contribution in [2.45, 2.75) is 105 Å². The molecular weight excluding hydrogens is 468 g/mol. The lowest BCUT2D eigenvalue weighted by Gasteiger charge is -2.43. The fraction of sp³-hybridized carbons (Fsp3) is 0.436. The molecule has 0 heterocycles. The summed E-state index contributed by atoms with van der Waals surface area (Å²) in [4.78, 5) is 0. The second-order valence-electron chi connectivity index (χ2n) is 14.1. The van der Waals surface area contributed by atoms with Crippen LogP contribution in [0.25, 0.3) is 11.1 Å². The molecule has 0 aliphatic heterocycles. The highest BCUT2D eigenvalue weighted by molar-refractivity contribution is 5.63. The van der Waals surface area contributed by atoms with Crippen LogP contribution in [-0.4, -0.2) is 0 Å². The van der Waals surface area contributed by atoms with Crippen LogP contribution in [0.5, 0.6) is 0 Å². The van der Waals surface area contributed by atoms with Gasteiger partial charge in [0.05, 0.1) is 0 Å². The van der Waals surface area contributed by atoms with Gasteiger partial charge in [0.1, 0.15) is 0 Å². The van der Waals surface area contributed by atoms with Crippen LogP contribution in [0.15, 0.2) is 86.0 Å². The first kappa shape index (κ1) is 30.7. The summed E-state index contributed by atoms with van der Waals surface area (Å²) < 4.78 is 0. The first-order valence-corrected chi connectivity index (χ1v) is 14.6. The minimum absolute atomic E-state index is 0.00117. The molecule has 0 nitrogen and oxygen atoms in total. The SMILES string of the molecule is C=C(C)c1cccc(C(C)(C)CC(C)(CC)c2cccc(CC(C)(C)C(C)(C)c3cccc(C(=C)C)c3)c2)c1. The molecule has 0 fully saturated rings. The van der Waals surface area contributed by atoms with E-state index in [1.807, 2.05) is 0 Å². The van der Waals surface area contributed by atoms with E-state index in [1.54, 1.807) is 0 Å². The van der Waals surface area contributed by atoms with Gasteiger partial charge in [-0.3, -0.25) is 0 Å². The van der Waals surface area contributed by atoms with E-state index in [0.717, 1.165) is 30.4 Å². The molecule has 0 aromatic heterocycles. The molecule has 0 bridgehead atoms. The fourth-order valence-corrected chi connectivity index (χ4v) is 6.07. The zero-order valence-electron chi connectivity index (χ0n) is 26.5. The molecule has 0 saturated heterocycles. The summed E-state index contributed by atoms with van der Waals surface area (Å²) in [5, 5.41) is 0. The normalized spacial score (nSPS) is 14.1. The van der Waals surface area contributed by atoms with Gasteiger partial charge in [0, 0.05) is 0 Å². The van der Waals surface area contributed by atoms with E-state index in [2.05, 4.69) is 155 Å². The van der Waals surface area contributed by atoms with Crippen molar-refractivity contribution in [3.63, 3.8) is 0 Å². The highest BCUT2D eigenvalue weighted by Crippen LogP contribution is 2.46. The van der Waals surface area contributed by atoms with E-state index < -0.39 is 0 Å². The highest BCUT2D eigenvalue weighted by atomic mass is 14.4. The molecule has 39 heavy (non-hydrogen) atoms. The van der Waals surface area contributed by atoms with Crippen LogP contribution in [-0.2, 0) is 22.7 Å². The van der Waals surface area contributed by atoms with Gasteiger partial charge in [0.15, 0.2) is 0 Å². The maximum atomic E-state index is 4.17. The molecule has 0 amide bonds. The molecule has 0 heteroatoms. The molecule has 0 aliphatic carbocycles. The minimum Gasteiger partial charge on any atom is -0.0955 e. The summed E-state index contributed by atoms with van der Waals surface area (Å²) in [5.41, 5.74) is 10.5. The van der Waals surface area contributed by atoms with E-state index in [4.69, 9.17) is 0 Å². The van der Waals surface area contributed by atoms with Gasteiger partial charge in [-0.1, -0.05) is 152 Å². The third-order valence-corrected chi connectivity index (χ3v) is 9.79. The number of rotatable bonds is 11. The van der Waals surface area contributed by atoms with Crippen molar-refractivity contribution >= 4 is 11.1 Å². The lowest BCUT2D eigenvalue weighted by Crippen LogP contribution is -2.38. The van der Waals surface area contributed by atoms with E-state index in [-0.39, 0.29) is 21.7 Å². The highest BCUT2D eigenvalue weighted by Gasteiger charge is 2.39. The third kappa shape index (κ3) is 6.66. The Labute approximate surface area is 240 Å². The maximum absolute atomic E-state index is 4.17. The van der Waals surface area contributed by atoms with Gasteiger partial charge in [-0.15, -0.1) is 0 Å². The van der Waals surface area contributed by atoms with Crippen molar-refractivity contribution in [3.05, 3.63) is 119 Å². The first-order valence-electron chi connectivity index (χ1n) is 14.6. The Hall–Kier alpha value is -2.86. The molecule has 3 aromatic carbocycles. The van der Waals surface area contributed by atoms with Gasteiger partial charge < -0.3 is 0 Å². The Morgan fingerprint density at radius 3 is 1.67 bits per heavy atom. The van der Waals surface area contributed by atoms with Crippen LogP contribution < -0.4 is 0 Å². The number of hydrogen-bond acceptors (Lipinski definition) is 0. The van der Waals surface area contributed by atoms with Crippen LogP contribution in [0.2, 0.25) is 0 Å². The molecule has 1 atom stereocenters. The average molecular weight is 521 g/mol. The van der Waals surface area contributed by atoms with Crippen LogP contribution in [0.1, 0.15) is 115 Å². The summed E-state index contributed by atoms with van der Waals surface area (Å²) in [6, 6.07) is 27.4. The summed E-state index contributed by atoms with van der Waals surface area (Å²) in [7, 11) is 0. The first-order chi connectivity index (χ1) is 18.0. The summed E-state index contributed by atoms with van der Waals surface area (Å²) in [6.45, 7) is 31.7. The Morgan fingerprint density at radius 1 is 0.641 bits per heavy atom. The van der Waals surface area contributed by atoms with Gasteiger partial charge in [-0.25, -0.2) is 0 Å². The topological polar surface area (TPSA) is 0 Å². The molecule has 0 radical (unpaired) electrons. The lowest BCUT2D eigenvalue weighted by molar-refractivity contribution is 0.195. The maximum Gasteiger partial charge on any atom is -0.00490 e. The molecule has 0 N–H and O–H groups in total. The van der Waals surface area contributed by atoms with Gasteiger partial charge in [-0.2, -0.15) is 0 Å². The van der Waals surface area contributed by atoms with E-state index in [0.29, 0.717) is 0 Å². The molecule has 3 rings (SSSR count). The Kier molecular flexibility index (Phi) is 8.91. The Bertz CT molecular complexity index is 1330. The number of allylic oxidation sites excluding steroid dienone is 2. The van der Waals surface area contributed by atoms with Crippen molar-refractivity contribution in [1.29, 1.82) is 0 Å². The molecule has 1 unspecified atom stereocenters. The fourth-order valence-electron chi connectivity index (χ4n) is 6.07. The Balaban J connectivity index is 1.91. The largest absolute Gasteiger partial charge is 0.0955 e. The van der Waals surface area contributed by atoms with E-state index in [1.165, 1.54) is 33.4 Å². The lowest BCUT2D eigenvalue weighted by atomic mass is 9.61. The van der Waals surface area contributed by atoms with Crippen molar-refractivity contribution in [1.82, 2.24) is 0 Å². The molecule has 0 aliphatic rings. The van der Waals surface area contributed by atoms with E-state index >= 15 is 0 Å². The number of hydrogen-bond donors (Lipinski definition) is 0. The minimum atomic E-state index is -0.00117. The van der Waals surface area contributed by atoms with Crippen LogP contribution in [0, 0.1) is 5.41 Å². The van der Waals surface area contributed by atoms with E-state index in [9.17, 15) is 0 Å². The van der Waals surface area contributed by atoms with Crippen molar-refractivity contribution < 1.29 is 0 Å². The standard InChI is InChI=1S/C39H52/c1-13-39(12,27-36(6,7)33-20-15-18-31(24-33)28(2)3)35-22-14-17-30(23-35)26-37(8,9)38(10,11)34-21-16-19-32(25-34)29(4)5/h14-25H,2,4,13,26-27H2,1,3,5-12H3. The molecule has 0 spiro atoms. The second-order valence-corrected chi connectivity index (χ2v) is 14.1. The van der Waals surface area contributed by atoms with Crippen molar-refractivity contribution in [2.24, 2.45) is 5.41 Å². The van der Waals surface area contributed by atoms with Crippen LogP contribution in [0.4, 0.5) is 0 Å². The second kappa shape index (κ2) is 11.3. The van der Waals surface area contributed by atoms with Gasteiger partial charge in [-0.05, 0) is 88.2 Å². The van der Waals surface area contributed by atoms with Crippen LogP contribution >= 0.6 is 0 Å². The monoisotopic (exact) mass is 520 g/mol. The number of benzene rings is 3. The van der Waals surface area contributed by atoms with Gasteiger partial charge in [0.2, 0.25) is 0 Å². The smallest absolute Gasteiger partial charge is 0.00490 e. The summed E-state index contributed by atoms with van der Waals surface area (Å²) in [5.74, 6) is 0. The third-order valence-electron chi connectivity index (χ3n) is 9.79. The predicted octanol–water partition coefficient (Wildman–Crippen LogP) is 11.3. The van der Waals surface area contributed by atoms with Crippen LogP contribution in [0.3, 0.4) is 0 Å². The predicted molar refractivity (Wildman–Crippen MR) is 175 cm³/mol. The molecule has 208 valence electrons. The quantitative estimate of drug-likeness (QED) is 0.236. The molecular formula is C39H52. The summed E-state index contributed by atoms with van der Waals surface area (Å²) in [6.07, 6.45) is 3.21. The van der Waals surface area contributed by atoms with Gasteiger partial charge in [0.25, 0.3) is 0 Å². The summed E-state index contributed by atoms with van der Waals surface area (Å²) >= 11 is 0. The van der Waals surface area contributed by atoms with Crippen molar-refractivity contribution in [2.75, 3.05) is 0 Å². The zero-order valence-corrected chi connectivity index (χ0v) is 26.5. The zero-order chi connectivity index (χ0) is 29.2. The Morgan fingerprint density at radius 2 is 1.13 bits per heavy atom.